The molecule has 3 heterocycles. The van der Waals surface area contributed by atoms with E-state index in [1.807, 2.05) is 6.92 Å². The van der Waals surface area contributed by atoms with Gasteiger partial charge in [0.1, 0.15) is 11.4 Å². The van der Waals surface area contributed by atoms with Gasteiger partial charge in [-0.15, -0.1) is 0 Å². The lowest BCUT2D eigenvalue weighted by Crippen LogP contribution is -2.49. The van der Waals surface area contributed by atoms with Crippen LogP contribution >= 0.6 is 0 Å². The lowest BCUT2D eigenvalue weighted by atomic mass is 9.85. The van der Waals surface area contributed by atoms with E-state index in [0.717, 1.165) is 25.7 Å². The number of nitriles is 1. The second-order valence-electron chi connectivity index (χ2n) is 10.3. The van der Waals surface area contributed by atoms with Gasteiger partial charge in [-0.1, -0.05) is 12.8 Å². The number of sulfonamides is 1. The molecule has 5 rings (SSSR count). The Morgan fingerprint density at radius 1 is 1.27 bits per heavy atom. The maximum atomic E-state index is 13.3. The molecule has 1 saturated carbocycles. The molecule has 1 aromatic carbocycles. The fourth-order valence-corrected chi connectivity index (χ4v) is 7.62. The molecule has 1 aliphatic carbocycles. The summed E-state index contributed by atoms with van der Waals surface area (Å²) in [5, 5.41) is 12.9. The molecular formula is C26H32N6O4S. The van der Waals surface area contributed by atoms with Crippen molar-refractivity contribution in [2.45, 2.75) is 68.5 Å². The molecule has 3 aliphatic rings. The molecule has 0 radical (unpaired) electrons. The summed E-state index contributed by atoms with van der Waals surface area (Å²) < 4.78 is 33.7. The Labute approximate surface area is 216 Å². The number of aromatic nitrogens is 1. The first kappa shape index (κ1) is 25.4. The Kier molecular flexibility index (Phi) is 6.83. The first-order valence-corrected chi connectivity index (χ1v) is 14.1. The van der Waals surface area contributed by atoms with E-state index in [-0.39, 0.29) is 34.8 Å². The Hall–Kier alpha value is -3.20. The van der Waals surface area contributed by atoms with E-state index >= 15 is 0 Å². The molecule has 0 bridgehead atoms. The first-order chi connectivity index (χ1) is 17.7. The largest absolute Gasteiger partial charge is 0.383 e. The zero-order valence-corrected chi connectivity index (χ0v) is 21.7. The van der Waals surface area contributed by atoms with Crippen LogP contribution in [0.5, 0.6) is 0 Å². The smallest absolute Gasteiger partial charge is 0.261 e. The molecule has 2 aliphatic heterocycles. The minimum absolute atomic E-state index is 0.0164. The number of H-pyrrole nitrogens is 1. The number of rotatable bonds is 5. The van der Waals surface area contributed by atoms with E-state index in [1.165, 1.54) is 6.20 Å². The van der Waals surface area contributed by atoms with E-state index in [9.17, 15) is 18.5 Å². The highest BCUT2D eigenvalue weighted by Crippen LogP contribution is 2.41. The van der Waals surface area contributed by atoms with Crippen LogP contribution in [0.4, 0.5) is 11.4 Å². The lowest BCUT2D eigenvalue weighted by Gasteiger charge is -2.40. The summed E-state index contributed by atoms with van der Waals surface area (Å²) in [4.78, 5) is 20.2. The van der Waals surface area contributed by atoms with Crippen LogP contribution < -0.4 is 16.6 Å². The van der Waals surface area contributed by atoms with Crippen molar-refractivity contribution in [3.05, 3.63) is 51.9 Å². The summed E-state index contributed by atoms with van der Waals surface area (Å²) in [7, 11) is -3.63. The predicted octanol–water partition coefficient (Wildman–Crippen LogP) is 2.98. The van der Waals surface area contributed by atoms with E-state index in [4.69, 9.17) is 10.5 Å². The number of anilines is 1. The topological polar surface area (TPSA) is 154 Å². The third-order valence-corrected chi connectivity index (χ3v) is 9.94. The second-order valence-corrected chi connectivity index (χ2v) is 12.1. The number of nitrogens with zero attached hydrogens (tertiary/aromatic N) is 3. The van der Waals surface area contributed by atoms with Gasteiger partial charge in [-0.05, 0) is 62.4 Å². The predicted molar refractivity (Wildman–Crippen MR) is 140 cm³/mol. The average molecular weight is 525 g/mol. The number of aromatic amines is 1. The van der Waals surface area contributed by atoms with Gasteiger partial charge in [-0.2, -0.15) is 9.57 Å². The molecule has 0 amide bonds. The van der Waals surface area contributed by atoms with Gasteiger partial charge in [-0.3, -0.25) is 4.79 Å². The molecule has 196 valence electrons. The molecule has 4 N–H and O–H groups in total. The first-order valence-electron chi connectivity index (χ1n) is 12.7. The summed E-state index contributed by atoms with van der Waals surface area (Å²) in [6.45, 7) is 3.29. The van der Waals surface area contributed by atoms with E-state index in [0.29, 0.717) is 43.0 Å². The van der Waals surface area contributed by atoms with Crippen LogP contribution in [0.15, 0.2) is 45.1 Å². The van der Waals surface area contributed by atoms with Gasteiger partial charge in [0.15, 0.2) is 0 Å². The zero-order chi connectivity index (χ0) is 26.2. The molecule has 10 nitrogen and oxygen atoms in total. The molecule has 2 fully saturated rings. The lowest BCUT2D eigenvalue weighted by molar-refractivity contribution is 0.0138. The van der Waals surface area contributed by atoms with Crippen molar-refractivity contribution >= 4 is 27.2 Å². The highest BCUT2D eigenvalue weighted by atomic mass is 32.2. The van der Waals surface area contributed by atoms with Crippen LogP contribution in [0, 0.1) is 17.2 Å². The summed E-state index contributed by atoms with van der Waals surface area (Å²) in [6, 6.07) is 8.91. The van der Waals surface area contributed by atoms with E-state index in [2.05, 4.69) is 21.4 Å². The fourth-order valence-electron chi connectivity index (χ4n) is 5.62. The fraction of sp³-hybridized carbons (Fsp3) is 0.500. The summed E-state index contributed by atoms with van der Waals surface area (Å²) in [5.41, 5.74) is 7.30. The molecule has 11 heteroatoms. The monoisotopic (exact) mass is 524 g/mol. The normalized spacial score (nSPS) is 25.2. The number of hydrogen-bond donors (Lipinski definition) is 3. The maximum Gasteiger partial charge on any atom is 0.261 e. The van der Waals surface area contributed by atoms with Crippen LogP contribution in [0.25, 0.3) is 0 Å². The summed E-state index contributed by atoms with van der Waals surface area (Å²) in [5.74, 6) is -0.124. The SMILES string of the molecule is CC1(N2Cc3cc(N=C(N)c4c(N[C@H]5CCCC[C@@H]5C#N)cc[nH]c4=O)ccc3S2(=O)=O)CCOCC1. The standard InChI is InChI=1S/C26H32N6O4S/c1-26(9-12-36-13-10-26)32-16-18-14-19(6-7-22(18)37(32,34)35)30-24(28)23-21(8-11-29-25(23)33)31-20-5-3-2-4-17(20)15-27/h6-8,11,14,17,20H,2-5,9-10,12-13,16H2,1H3,(H2,28,30)(H2,29,31,33)/t17-,20+/m1/s1. The molecule has 2 atom stereocenters. The van der Waals surface area contributed by atoms with Crippen molar-refractivity contribution in [2.24, 2.45) is 16.6 Å². The van der Waals surface area contributed by atoms with Crippen molar-refractivity contribution in [2.75, 3.05) is 18.5 Å². The number of pyridine rings is 1. The van der Waals surface area contributed by atoms with Gasteiger partial charge in [0, 0.05) is 37.5 Å². The number of ether oxygens (including phenoxy) is 1. The van der Waals surface area contributed by atoms with Crippen molar-refractivity contribution in [1.82, 2.24) is 9.29 Å². The Bertz CT molecular complexity index is 1420. The highest BCUT2D eigenvalue weighted by Gasteiger charge is 2.46. The molecule has 1 saturated heterocycles. The number of amidine groups is 1. The summed E-state index contributed by atoms with van der Waals surface area (Å²) >= 11 is 0. The van der Waals surface area contributed by atoms with Crippen molar-refractivity contribution in [3.63, 3.8) is 0 Å². The number of nitrogens with one attached hydrogen (secondary N) is 2. The Morgan fingerprint density at radius 3 is 2.78 bits per heavy atom. The van der Waals surface area contributed by atoms with Gasteiger partial charge >= 0.3 is 0 Å². The molecule has 2 aromatic rings. The number of hydrogen-bond acceptors (Lipinski definition) is 7. The maximum absolute atomic E-state index is 13.3. The number of benzene rings is 1. The second kappa shape index (κ2) is 9.93. The molecule has 0 spiro atoms. The van der Waals surface area contributed by atoms with Crippen molar-refractivity contribution in [1.29, 1.82) is 5.26 Å². The van der Waals surface area contributed by atoms with Crippen molar-refractivity contribution in [3.8, 4) is 6.07 Å². The van der Waals surface area contributed by atoms with E-state index in [1.54, 1.807) is 28.6 Å². The molecule has 1 aromatic heterocycles. The van der Waals surface area contributed by atoms with Crippen LogP contribution in [-0.4, -0.2) is 48.3 Å². The Balaban J connectivity index is 1.44. The zero-order valence-electron chi connectivity index (χ0n) is 20.9. The van der Waals surface area contributed by atoms with Crippen LogP contribution in [0.2, 0.25) is 0 Å². The van der Waals surface area contributed by atoms with Crippen molar-refractivity contribution < 1.29 is 13.2 Å². The summed E-state index contributed by atoms with van der Waals surface area (Å²) in [6.07, 6.45) is 6.49. The number of fused-ring (bicyclic) bond motifs is 1. The third-order valence-electron chi connectivity index (χ3n) is 7.84. The van der Waals surface area contributed by atoms with Gasteiger partial charge in [-0.25, -0.2) is 13.4 Å². The molecular weight excluding hydrogens is 492 g/mol. The Morgan fingerprint density at radius 2 is 2.03 bits per heavy atom. The third kappa shape index (κ3) is 4.77. The van der Waals surface area contributed by atoms with Gasteiger partial charge in [0.25, 0.3) is 5.56 Å². The van der Waals surface area contributed by atoms with Crippen LogP contribution in [0.3, 0.4) is 0 Å². The number of aliphatic imine (C=N–C) groups is 1. The van der Waals surface area contributed by atoms with E-state index < -0.39 is 21.1 Å². The molecule has 0 unspecified atom stereocenters. The minimum atomic E-state index is -3.63. The van der Waals surface area contributed by atoms with Gasteiger partial charge in [0.2, 0.25) is 10.0 Å². The quantitative estimate of drug-likeness (QED) is 0.401. The number of nitrogens with two attached hydrogens (primary N) is 1. The van der Waals surface area contributed by atoms with Gasteiger partial charge in [0.05, 0.1) is 28.3 Å². The van der Waals surface area contributed by atoms with Gasteiger partial charge < -0.3 is 20.8 Å². The molecule has 37 heavy (non-hydrogen) atoms. The minimum Gasteiger partial charge on any atom is -0.383 e. The van der Waals surface area contributed by atoms with Crippen LogP contribution in [-0.2, 0) is 21.3 Å². The highest BCUT2D eigenvalue weighted by molar-refractivity contribution is 7.89. The average Bonchev–Trinajstić information content (AvgIpc) is 3.15. The van der Waals surface area contributed by atoms with Crippen LogP contribution in [0.1, 0.15) is 56.6 Å².